The van der Waals surface area contributed by atoms with Crippen molar-refractivity contribution >= 4 is 0 Å². The minimum Gasteiger partial charge on any atom is -0.390 e. The van der Waals surface area contributed by atoms with Crippen LogP contribution in [0, 0.1) is 17.3 Å². The molecule has 0 aromatic rings. The molecule has 2 heterocycles. The summed E-state index contributed by atoms with van der Waals surface area (Å²) in [5.41, 5.74) is -1.51. The Kier molecular flexibility index (Phi) is 2.11. The van der Waals surface area contributed by atoms with Crippen LogP contribution in [0.15, 0.2) is 0 Å². The number of epoxide rings is 2. The Balaban J connectivity index is 1.86. The van der Waals surface area contributed by atoms with E-state index in [-0.39, 0.29) is 29.6 Å². The van der Waals surface area contributed by atoms with E-state index in [4.69, 9.17) is 9.47 Å². The largest absolute Gasteiger partial charge is 0.390 e. The Morgan fingerprint density at radius 3 is 2.53 bits per heavy atom. The lowest BCUT2D eigenvalue weighted by Crippen LogP contribution is -2.66. The van der Waals surface area contributed by atoms with Crippen LogP contribution in [0.3, 0.4) is 0 Å². The van der Waals surface area contributed by atoms with Gasteiger partial charge < -0.3 is 19.7 Å². The van der Waals surface area contributed by atoms with Gasteiger partial charge in [0.15, 0.2) is 0 Å². The van der Waals surface area contributed by atoms with E-state index in [1.54, 1.807) is 0 Å². The molecule has 4 rings (SSSR count). The van der Waals surface area contributed by atoms with Gasteiger partial charge in [-0.2, -0.15) is 0 Å². The van der Waals surface area contributed by atoms with Crippen molar-refractivity contribution in [1.29, 1.82) is 0 Å². The molecule has 8 unspecified atom stereocenters. The lowest BCUT2D eigenvalue weighted by Gasteiger charge is -2.55. The SMILES string of the molecule is CC1CCC2OC23C(O)C2OC2C(C(C)(C)O)C13C. The first-order valence-corrected chi connectivity index (χ1v) is 7.48. The fourth-order valence-corrected chi connectivity index (χ4v) is 5.54. The van der Waals surface area contributed by atoms with Gasteiger partial charge in [0.2, 0.25) is 0 Å². The highest BCUT2D eigenvalue weighted by Crippen LogP contribution is 2.72. The highest BCUT2D eigenvalue weighted by Gasteiger charge is 2.84. The van der Waals surface area contributed by atoms with Gasteiger partial charge in [-0.15, -0.1) is 0 Å². The van der Waals surface area contributed by atoms with Gasteiger partial charge in [0.25, 0.3) is 0 Å². The fraction of sp³-hybridized carbons (Fsp3) is 1.00. The highest BCUT2D eigenvalue weighted by molar-refractivity contribution is 5.31. The van der Waals surface area contributed by atoms with Gasteiger partial charge in [0.1, 0.15) is 17.8 Å². The zero-order chi connectivity index (χ0) is 13.8. The average Bonchev–Trinajstić information content (AvgIpc) is 3.14. The predicted octanol–water partition coefficient (Wildman–Crippen LogP) is 1.09. The quantitative estimate of drug-likeness (QED) is 0.699. The maximum atomic E-state index is 10.7. The van der Waals surface area contributed by atoms with Crippen LogP contribution < -0.4 is 0 Å². The van der Waals surface area contributed by atoms with Crippen LogP contribution in [-0.4, -0.2) is 45.8 Å². The molecule has 4 aliphatic rings. The molecule has 0 amide bonds. The molecule has 4 nitrogen and oxygen atoms in total. The molecular weight excluding hydrogens is 244 g/mol. The minimum absolute atomic E-state index is 0.0176. The summed E-state index contributed by atoms with van der Waals surface area (Å²) < 4.78 is 11.8. The van der Waals surface area contributed by atoms with E-state index in [9.17, 15) is 10.2 Å². The summed E-state index contributed by atoms with van der Waals surface area (Å²) in [6, 6.07) is 0. The van der Waals surface area contributed by atoms with E-state index < -0.39 is 17.3 Å². The summed E-state index contributed by atoms with van der Waals surface area (Å²) in [6.45, 7) is 8.16. The van der Waals surface area contributed by atoms with E-state index in [0.717, 1.165) is 12.8 Å². The van der Waals surface area contributed by atoms with E-state index in [0.29, 0.717) is 5.92 Å². The van der Waals surface area contributed by atoms with E-state index in [1.807, 2.05) is 13.8 Å². The van der Waals surface area contributed by atoms with Crippen molar-refractivity contribution in [2.24, 2.45) is 17.3 Å². The Morgan fingerprint density at radius 2 is 1.89 bits per heavy atom. The zero-order valence-corrected chi connectivity index (χ0v) is 12.1. The van der Waals surface area contributed by atoms with E-state index in [1.165, 1.54) is 0 Å². The normalized spacial score (nSPS) is 62.8. The Labute approximate surface area is 114 Å². The zero-order valence-electron chi connectivity index (χ0n) is 12.1. The second kappa shape index (κ2) is 3.19. The van der Waals surface area contributed by atoms with Crippen molar-refractivity contribution in [2.75, 3.05) is 0 Å². The third kappa shape index (κ3) is 1.21. The first-order valence-electron chi connectivity index (χ1n) is 7.48. The molecule has 2 saturated heterocycles. The standard InChI is InChI=1S/C15H24O4/c1-7-5-6-8-15(19-8)12(16)10-9(18-10)11(13(2,3)17)14(7,15)4/h7-12,16-17H,5-6H2,1-4H3. The Bertz CT molecular complexity index is 430. The first kappa shape index (κ1) is 12.6. The van der Waals surface area contributed by atoms with Crippen molar-refractivity contribution < 1.29 is 19.7 Å². The van der Waals surface area contributed by atoms with Crippen LogP contribution in [0.2, 0.25) is 0 Å². The molecule has 4 heteroatoms. The van der Waals surface area contributed by atoms with Gasteiger partial charge in [0, 0.05) is 11.3 Å². The molecule has 2 aliphatic carbocycles. The number of aliphatic hydroxyl groups excluding tert-OH is 1. The monoisotopic (exact) mass is 268 g/mol. The van der Waals surface area contributed by atoms with Crippen LogP contribution in [0.25, 0.3) is 0 Å². The molecular formula is C15H24O4. The maximum absolute atomic E-state index is 10.7. The molecule has 108 valence electrons. The first-order chi connectivity index (χ1) is 8.74. The molecule has 0 radical (unpaired) electrons. The van der Waals surface area contributed by atoms with Crippen molar-refractivity contribution in [3.05, 3.63) is 0 Å². The summed E-state index contributed by atoms with van der Waals surface area (Å²) >= 11 is 0. The summed E-state index contributed by atoms with van der Waals surface area (Å²) in [6.07, 6.45) is 1.58. The van der Waals surface area contributed by atoms with Crippen molar-refractivity contribution in [1.82, 2.24) is 0 Å². The van der Waals surface area contributed by atoms with Gasteiger partial charge in [-0.25, -0.2) is 0 Å². The van der Waals surface area contributed by atoms with Gasteiger partial charge in [-0.1, -0.05) is 13.8 Å². The highest BCUT2D eigenvalue weighted by atomic mass is 16.7. The number of ether oxygens (including phenoxy) is 2. The van der Waals surface area contributed by atoms with E-state index in [2.05, 4.69) is 13.8 Å². The van der Waals surface area contributed by atoms with Gasteiger partial charge >= 0.3 is 0 Å². The Morgan fingerprint density at radius 1 is 1.21 bits per heavy atom. The molecule has 4 fully saturated rings. The molecule has 2 N–H and O–H groups in total. The molecule has 0 bridgehead atoms. The smallest absolute Gasteiger partial charge is 0.129 e. The number of fused-ring (bicyclic) bond motifs is 1. The van der Waals surface area contributed by atoms with Gasteiger partial charge in [0.05, 0.1) is 17.8 Å². The summed E-state index contributed by atoms with van der Waals surface area (Å²) in [5, 5.41) is 21.3. The van der Waals surface area contributed by atoms with Gasteiger partial charge in [-0.05, 0) is 32.6 Å². The number of aliphatic hydroxyl groups is 2. The van der Waals surface area contributed by atoms with Crippen molar-refractivity contribution in [3.8, 4) is 0 Å². The molecule has 0 aromatic heterocycles. The number of rotatable bonds is 1. The molecule has 8 atom stereocenters. The third-order valence-electron chi connectivity index (χ3n) is 6.53. The van der Waals surface area contributed by atoms with Crippen molar-refractivity contribution in [2.45, 2.75) is 76.2 Å². The van der Waals surface area contributed by atoms with Crippen LogP contribution in [0.4, 0.5) is 0 Å². The van der Waals surface area contributed by atoms with Crippen molar-refractivity contribution in [3.63, 3.8) is 0 Å². The molecule has 2 aliphatic heterocycles. The molecule has 0 aromatic carbocycles. The van der Waals surface area contributed by atoms with Crippen LogP contribution in [-0.2, 0) is 9.47 Å². The predicted molar refractivity (Wildman–Crippen MR) is 68.6 cm³/mol. The maximum Gasteiger partial charge on any atom is 0.129 e. The lowest BCUT2D eigenvalue weighted by atomic mass is 9.47. The number of hydrogen-bond acceptors (Lipinski definition) is 4. The topological polar surface area (TPSA) is 65.5 Å². The summed E-state index contributed by atoms with van der Waals surface area (Å²) in [7, 11) is 0. The van der Waals surface area contributed by atoms with Crippen LogP contribution in [0.5, 0.6) is 0 Å². The summed E-state index contributed by atoms with van der Waals surface area (Å²) in [4.78, 5) is 0. The van der Waals surface area contributed by atoms with E-state index >= 15 is 0 Å². The third-order valence-corrected chi connectivity index (χ3v) is 6.53. The second-order valence-electron chi connectivity index (χ2n) is 7.80. The number of hydrogen-bond donors (Lipinski definition) is 2. The lowest BCUT2D eigenvalue weighted by molar-refractivity contribution is -0.153. The summed E-state index contributed by atoms with van der Waals surface area (Å²) in [5.74, 6) is 0.441. The van der Waals surface area contributed by atoms with Gasteiger partial charge in [-0.3, -0.25) is 0 Å². The molecule has 2 saturated carbocycles. The fourth-order valence-electron chi connectivity index (χ4n) is 5.54. The second-order valence-corrected chi connectivity index (χ2v) is 7.80. The molecule has 1 spiro atoms. The molecule has 19 heavy (non-hydrogen) atoms. The average molecular weight is 268 g/mol. The van der Waals surface area contributed by atoms with Crippen LogP contribution in [0.1, 0.15) is 40.5 Å². The minimum atomic E-state index is -0.816. The Hall–Kier alpha value is -0.160. The van der Waals surface area contributed by atoms with Crippen LogP contribution >= 0.6 is 0 Å².